The largest absolute Gasteiger partial charge is 0.415 e. The van der Waals surface area contributed by atoms with Crippen molar-refractivity contribution >= 4 is 39.2 Å². The third-order valence-corrected chi connectivity index (χ3v) is 6.40. The van der Waals surface area contributed by atoms with E-state index in [9.17, 15) is 4.79 Å². The Morgan fingerprint density at radius 2 is 1.86 bits per heavy atom. The van der Waals surface area contributed by atoms with Crippen molar-refractivity contribution in [3.63, 3.8) is 0 Å². The van der Waals surface area contributed by atoms with Crippen LogP contribution in [0.25, 0.3) is 15.9 Å². The molecule has 1 aliphatic rings. The molecule has 0 radical (unpaired) electrons. The summed E-state index contributed by atoms with van der Waals surface area (Å²) in [7, 11) is 0. The molecule has 0 saturated carbocycles. The first-order valence-electron chi connectivity index (χ1n) is 9.48. The summed E-state index contributed by atoms with van der Waals surface area (Å²) < 4.78 is 7.26. The summed E-state index contributed by atoms with van der Waals surface area (Å²) in [5.41, 5.74) is 2.04. The number of piperazine rings is 1. The van der Waals surface area contributed by atoms with E-state index in [0.717, 1.165) is 21.8 Å². The smallest absolute Gasteiger partial charge is 0.410 e. The molecule has 0 unspecified atom stereocenters. The Balaban J connectivity index is 1.37. The maximum atomic E-state index is 12.4. The lowest BCUT2D eigenvalue weighted by molar-refractivity contribution is 0.149. The highest BCUT2D eigenvalue weighted by Crippen LogP contribution is 2.33. The number of ether oxygens (including phenoxy) is 1. The average molecular weight is 408 g/mol. The number of amides is 1. The molecule has 0 N–H and O–H groups in total. The van der Waals surface area contributed by atoms with Gasteiger partial charge in [-0.05, 0) is 31.5 Å². The van der Waals surface area contributed by atoms with Crippen molar-refractivity contribution < 1.29 is 9.53 Å². The first-order valence-corrected chi connectivity index (χ1v) is 10.3. The van der Waals surface area contributed by atoms with Crippen LogP contribution in [0.5, 0.6) is 5.75 Å². The summed E-state index contributed by atoms with van der Waals surface area (Å²) in [4.78, 5) is 27.9. The molecule has 148 valence electrons. The zero-order valence-corrected chi connectivity index (χ0v) is 17.0. The van der Waals surface area contributed by atoms with Gasteiger partial charge in [-0.1, -0.05) is 18.2 Å². The molecule has 9 heteroatoms. The molecule has 8 nitrogen and oxygen atoms in total. The minimum atomic E-state index is -0.324. The molecule has 0 atom stereocenters. The van der Waals surface area contributed by atoms with Gasteiger partial charge in [0.15, 0.2) is 5.65 Å². The summed E-state index contributed by atoms with van der Waals surface area (Å²) in [5, 5.41) is 5.47. The third kappa shape index (κ3) is 3.07. The van der Waals surface area contributed by atoms with Gasteiger partial charge in [0.2, 0.25) is 5.95 Å². The lowest BCUT2D eigenvalue weighted by Gasteiger charge is -2.34. The fourth-order valence-electron chi connectivity index (χ4n) is 3.60. The quantitative estimate of drug-likeness (QED) is 0.507. The number of rotatable bonds is 2. The van der Waals surface area contributed by atoms with Gasteiger partial charge in [0.05, 0.1) is 5.39 Å². The Bertz CT molecular complexity index is 1190. The molecule has 1 aromatic carbocycles. The fourth-order valence-corrected chi connectivity index (χ4v) is 4.61. The lowest BCUT2D eigenvalue weighted by atomic mass is 10.2. The molecule has 0 bridgehead atoms. The molecular weight excluding hydrogens is 388 g/mol. The fraction of sp³-hybridized carbons (Fsp3) is 0.300. The molecule has 0 aliphatic carbocycles. The molecule has 1 saturated heterocycles. The zero-order valence-electron chi connectivity index (χ0n) is 16.2. The van der Waals surface area contributed by atoms with Crippen LogP contribution in [0.15, 0.2) is 36.7 Å². The van der Waals surface area contributed by atoms with E-state index in [0.29, 0.717) is 31.9 Å². The van der Waals surface area contributed by atoms with Crippen molar-refractivity contribution in [1.82, 2.24) is 24.5 Å². The van der Waals surface area contributed by atoms with Crippen LogP contribution in [-0.2, 0) is 0 Å². The number of aryl methyl sites for hydroxylation is 2. The number of hydrogen-bond donors (Lipinski definition) is 0. The van der Waals surface area contributed by atoms with E-state index < -0.39 is 0 Å². The van der Waals surface area contributed by atoms with Crippen LogP contribution in [0.3, 0.4) is 0 Å². The number of aromatic nitrogens is 4. The number of thiophene rings is 1. The molecule has 1 amide bonds. The van der Waals surface area contributed by atoms with E-state index in [1.54, 1.807) is 39.2 Å². The van der Waals surface area contributed by atoms with Gasteiger partial charge in [-0.15, -0.1) is 11.3 Å². The summed E-state index contributed by atoms with van der Waals surface area (Å²) in [5.74, 6) is 1.32. The number of nitrogens with zero attached hydrogens (tertiary/aromatic N) is 6. The maximum absolute atomic E-state index is 12.4. The van der Waals surface area contributed by atoms with Crippen LogP contribution < -0.4 is 9.64 Å². The Morgan fingerprint density at radius 1 is 1.10 bits per heavy atom. The van der Waals surface area contributed by atoms with Crippen LogP contribution in [0.2, 0.25) is 0 Å². The van der Waals surface area contributed by atoms with Crippen LogP contribution in [-0.4, -0.2) is 56.8 Å². The Morgan fingerprint density at radius 3 is 2.62 bits per heavy atom. The van der Waals surface area contributed by atoms with Crippen LogP contribution in [0.4, 0.5) is 10.7 Å². The van der Waals surface area contributed by atoms with Crippen LogP contribution >= 0.6 is 11.3 Å². The van der Waals surface area contributed by atoms with Crippen molar-refractivity contribution in [2.45, 2.75) is 13.8 Å². The Kier molecular flexibility index (Phi) is 4.31. The maximum Gasteiger partial charge on any atom is 0.415 e. The topological polar surface area (TPSA) is 75.9 Å². The van der Waals surface area contributed by atoms with E-state index in [4.69, 9.17) is 9.72 Å². The van der Waals surface area contributed by atoms with Crippen LogP contribution in [0, 0.1) is 13.8 Å². The van der Waals surface area contributed by atoms with Gasteiger partial charge in [-0.2, -0.15) is 9.61 Å². The number of carbonyl (C=O) groups excluding carboxylic acids is 1. The molecule has 5 rings (SSSR count). The lowest BCUT2D eigenvalue weighted by Crippen LogP contribution is -2.50. The summed E-state index contributed by atoms with van der Waals surface area (Å²) >= 11 is 1.68. The molecule has 29 heavy (non-hydrogen) atoms. The molecular formula is C20H20N6O2S. The highest BCUT2D eigenvalue weighted by Gasteiger charge is 2.26. The predicted octanol–water partition coefficient (Wildman–Crippen LogP) is 3.28. The van der Waals surface area contributed by atoms with E-state index in [2.05, 4.69) is 28.8 Å². The Hall–Kier alpha value is -3.20. The second kappa shape index (κ2) is 7.00. The van der Waals surface area contributed by atoms with Gasteiger partial charge in [0.25, 0.3) is 0 Å². The summed E-state index contributed by atoms with van der Waals surface area (Å²) in [6, 6.07) is 9.14. The number of benzene rings is 1. The molecule has 0 spiro atoms. The third-order valence-electron chi connectivity index (χ3n) is 5.30. The van der Waals surface area contributed by atoms with Crippen molar-refractivity contribution in [2.24, 2.45) is 0 Å². The van der Waals surface area contributed by atoms with Gasteiger partial charge in [-0.3, -0.25) is 0 Å². The SMILES string of the molecule is Cc1sc2nc(N3CCN(C(=O)Oc4ccccc4)CC3)n3ncnc3c2c1C. The Labute approximate surface area is 171 Å². The molecule has 4 heterocycles. The summed E-state index contributed by atoms with van der Waals surface area (Å²) in [6.45, 7) is 6.63. The van der Waals surface area contributed by atoms with Gasteiger partial charge < -0.3 is 14.5 Å². The second-order valence-corrected chi connectivity index (χ2v) is 8.23. The highest BCUT2D eigenvalue weighted by atomic mass is 32.1. The van der Waals surface area contributed by atoms with E-state index in [1.807, 2.05) is 18.2 Å². The van der Waals surface area contributed by atoms with Crippen molar-refractivity contribution in [2.75, 3.05) is 31.1 Å². The highest BCUT2D eigenvalue weighted by molar-refractivity contribution is 7.18. The number of hydrogen-bond acceptors (Lipinski definition) is 7. The van der Waals surface area contributed by atoms with Gasteiger partial charge in [0, 0.05) is 31.1 Å². The minimum absolute atomic E-state index is 0.324. The van der Waals surface area contributed by atoms with E-state index in [-0.39, 0.29) is 6.09 Å². The van der Waals surface area contributed by atoms with E-state index >= 15 is 0 Å². The van der Waals surface area contributed by atoms with Crippen molar-refractivity contribution in [1.29, 1.82) is 0 Å². The standard InChI is InChI=1S/C20H20N6O2S/c1-13-14(2)29-18-16(13)17-21-12-22-26(17)19(23-18)24-8-10-25(11-9-24)20(27)28-15-6-4-3-5-7-15/h3-7,12H,8-11H2,1-2H3. The number of para-hydroxylation sites is 1. The molecule has 1 aliphatic heterocycles. The second-order valence-electron chi connectivity index (χ2n) is 7.03. The number of fused-ring (bicyclic) bond motifs is 3. The average Bonchev–Trinajstić information content (AvgIpc) is 3.33. The normalized spacial score (nSPS) is 14.7. The summed E-state index contributed by atoms with van der Waals surface area (Å²) in [6.07, 6.45) is 1.24. The zero-order chi connectivity index (χ0) is 20.0. The minimum Gasteiger partial charge on any atom is -0.410 e. The van der Waals surface area contributed by atoms with E-state index in [1.165, 1.54) is 10.4 Å². The van der Waals surface area contributed by atoms with Gasteiger partial charge in [0.1, 0.15) is 16.9 Å². The molecule has 3 aromatic heterocycles. The first kappa shape index (κ1) is 17.9. The van der Waals surface area contributed by atoms with Gasteiger partial charge >= 0.3 is 6.09 Å². The van der Waals surface area contributed by atoms with Crippen molar-refractivity contribution in [3.05, 3.63) is 47.1 Å². The van der Waals surface area contributed by atoms with Crippen LogP contribution in [0.1, 0.15) is 10.4 Å². The number of anilines is 1. The first-order chi connectivity index (χ1) is 14.1. The monoisotopic (exact) mass is 408 g/mol. The van der Waals surface area contributed by atoms with Gasteiger partial charge in [-0.25, -0.2) is 14.8 Å². The van der Waals surface area contributed by atoms with Crippen molar-refractivity contribution in [3.8, 4) is 5.75 Å². The number of carbonyl (C=O) groups is 1. The predicted molar refractivity (Wildman–Crippen MR) is 112 cm³/mol. The molecule has 4 aromatic rings. The molecule has 1 fully saturated rings.